The van der Waals surface area contributed by atoms with Gasteiger partial charge < -0.3 is 10.1 Å². The lowest BCUT2D eigenvalue weighted by Crippen LogP contribution is -2.43. The summed E-state index contributed by atoms with van der Waals surface area (Å²) in [6.45, 7) is 12.3. The molecule has 1 heterocycles. The smallest absolute Gasteiger partial charge is 0.0787 e. The van der Waals surface area contributed by atoms with Gasteiger partial charge in [-0.15, -0.1) is 0 Å². The fraction of sp³-hybridized carbons (Fsp3) is 1.00. The van der Waals surface area contributed by atoms with E-state index in [1.807, 2.05) is 0 Å². The molecule has 1 saturated heterocycles. The second-order valence-corrected chi connectivity index (χ2v) is 7.65. The van der Waals surface area contributed by atoms with Crippen LogP contribution in [0.2, 0.25) is 0 Å². The van der Waals surface area contributed by atoms with Gasteiger partial charge in [-0.25, -0.2) is 0 Å². The lowest BCUT2D eigenvalue weighted by Gasteiger charge is -2.27. The molecule has 1 aliphatic heterocycles. The predicted octanol–water partition coefficient (Wildman–Crippen LogP) is 5.06. The molecule has 0 spiro atoms. The number of hydrogen-bond acceptors (Lipinski definition) is 2. The number of ether oxygens (including phenoxy) is 1. The first kappa shape index (κ1) is 18.0. The van der Waals surface area contributed by atoms with Crippen LogP contribution in [0.5, 0.6) is 0 Å². The van der Waals surface area contributed by atoms with Crippen LogP contribution in [0.1, 0.15) is 92.4 Å². The van der Waals surface area contributed by atoms with Crippen LogP contribution in [0, 0.1) is 0 Å². The summed E-state index contributed by atoms with van der Waals surface area (Å²) in [6.07, 6.45) is 12.2. The molecule has 2 heteroatoms. The third-order valence-electron chi connectivity index (χ3n) is 4.50. The van der Waals surface area contributed by atoms with E-state index in [4.69, 9.17) is 4.74 Å². The molecule has 0 amide bonds. The molecule has 1 atom stereocenters. The Balaban J connectivity index is 2.02. The topological polar surface area (TPSA) is 21.3 Å². The molecule has 120 valence electrons. The van der Waals surface area contributed by atoms with E-state index in [1.165, 1.54) is 51.4 Å². The normalized spacial score (nSPS) is 24.1. The van der Waals surface area contributed by atoms with Crippen molar-refractivity contribution in [2.75, 3.05) is 6.54 Å². The average Bonchev–Trinajstić information content (AvgIpc) is 2.55. The minimum atomic E-state index is -0.0242. The monoisotopic (exact) mass is 283 g/mol. The Hall–Kier alpha value is -0.0800. The lowest BCUT2D eigenvalue weighted by molar-refractivity contribution is -0.0697. The highest BCUT2D eigenvalue weighted by molar-refractivity contribution is 4.98. The number of unbranched alkanes of at least 4 members (excludes halogenated alkanes) is 7. The Kier molecular flexibility index (Phi) is 7.53. The second kappa shape index (κ2) is 8.38. The average molecular weight is 284 g/mol. The number of hydrogen-bond donors (Lipinski definition) is 1. The van der Waals surface area contributed by atoms with Gasteiger partial charge in [0.25, 0.3) is 0 Å². The van der Waals surface area contributed by atoms with E-state index in [0.29, 0.717) is 6.04 Å². The minimum absolute atomic E-state index is 0.0242. The van der Waals surface area contributed by atoms with Crippen molar-refractivity contribution in [3.05, 3.63) is 0 Å². The highest BCUT2D eigenvalue weighted by Gasteiger charge is 2.45. The summed E-state index contributed by atoms with van der Waals surface area (Å²) in [6, 6.07) is 0.502. The maximum Gasteiger partial charge on any atom is 0.0787 e. The first-order chi connectivity index (χ1) is 9.37. The predicted molar refractivity (Wildman–Crippen MR) is 88.3 cm³/mol. The van der Waals surface area contributed by atoms with Crippen molar-refractivity contribution in [1.29, 1.82) is 0 Å². The fourth-order valence-electron chi connectivity index (χ4n) is 3.42. The van der Waals surface area contributed by atoms with Crippen molar-refractivity contribution in [1.82, 2.24) is 5.32 Å². The second-order valence-electron chi connectivity index (χ2n) is 7.65. The van der Waals surface area contributed by atoms with Gasteiger partial charge in [-0.1, -0.05) is 51.9 Å². The molecule has 0 radical (unpaired) electrons. The van der Waals surface area contributed by atoms with E-state index >= 15 is 0 Å². The van der Waals surface area contributed by atoms with Gasteiger partial charge >= 0.3 is 0 Å². The summed E-state index contributed by atoms with van der Waals surface area (Å²) >= 11 is 0. The maximum atomic E-state index is 6.12. The highest BCUT2D eigenvalue weighted by atomic mass is 16.5. The zero-order valence-corrected chi connectivity index (χ0v) is 14.6. The van der Waals surface area contributed by atoms with Crippen LogP contribution < -0.4 is 5.32 Å². The van der Waals surface area contributed by atoms with Crippen LogP contribution in [0.15, 0.2) is 0 Å². The molecule has 0 bridgehead atoms. The van der Waals surface area contributed by atoms with Crippen molar-refractivity contribution in [2.24, 2.45) is 0 Å². The summed E-state index contributed by atoms with van der Waals surface area (Å²) in [5, 5.41) is 3.71. The van der Waals surface area contributed by atoms with Crippen molar-refractivity contribution in [2.45, 2.75) is 110 Å². The van der Waals surface area contributed by atoms with E-state index in [2.05, 4.69) is 39.9 Å². The first-order valence-corrected chi connectivity index (χ1v) is 8.81. The van der Waals surface area contributed by atoms with E-state index in [9.17, 15) is 0 Å². The summed E-state index contributed by atoms with van der Waals surface area (Å²) < 4.78 is 6.12. The fourth-order valence-corrected chi connectivity index (χ4v) is 3.42. The van der Waals surface area contributed by atoms with Crippen molar-refractivity contribution < 1.29 is 4.74 Å². The van der Waals surface area contributed by atoms with Crippen LogP contribution in [0.25, 0.3) is 0 Å². The molecular weight excluding hydrogens is 246 g/mol. The van der Waals surface area contributed by atoms with E-state index in [-0.39, 0.29) is 11.2 Å². The third-order valence-corrected chi connectivity index (χ3v) is 4.50. The highest BCUT2D eigenvalue weighted by Crippen LogP contribution is 2.37. The molecule has 20 heavy (non-hydrogen) atoms. The molecule has 1 unspecified atom stereocenters. The van der Waals surface area contributed by atoms with Gasteiger partial charge in [-0.3, -0.25) is 0 Å². The van der Waals surface area contributed by atoms with Gasteiger partial charge in [0.05, 0.1) is 11.2 Å². The molecule has 2 nitrogen and oxygen atoms in total. The quantitative estimate of drug-likeness (QED) is 0.566. The summed E-state index contributed by atoms with van der Waals surface area (Å²) in [5.41, 5.74) is 0.00406. The maximum absolute atomic E-state index is 6.12. The van der Waals surface area contributed by atoms with Gasteiger partial charge in [0, 0.05) is 6.04 Å². The lowest BCUT2D eigenvalue weighted by atomic mass is 9.94. The Morgan fingerprint density at radius 1 is 0.900 bits per heavy atom. The molecule has 0 saturated carbocycles. The van der Waals surface area contributed by atoms with E-state index in [0.717, 1.165) is 13.0 Å². The van der Waals surface area contributed by atoms with Crippen molar-refractivity contribution in [3.63, 3.8) is 0 Å². The number of rotatable bonds is 10. The van der Waals surface area contributed by atoms with Crippen LogP contribution >= 0.6 is 0 Å². The minimum Gasteiger partial charge on any atom is -0.368 e. The molecule has 1 N–H and O–H groups in total. The molecule has 1 fully saturated rings. The van der Waals surface area contributed by atoms with Crippen LogP contribution in [-0.4, -0.2) is 23.8 Å². The largest absolute Gasteiger partial charge is 0.368 e. The van der Waals surface area contributed by atoms with Crippen LogP contribution in [0.4, 0.5) is 0 Å². The zero-order valence-electron chi connectivity index (χ0n) is 14.6. The number of nitrogens with one attached hydrogen (secondary N) is 1. The Morgan fingerprint density at radius 2 is 1.45 bits per heavy atom. The van der Waals surface area contributed by atoms with Crippen molar-refractivity contribution in [3.8, 4) is 0 Å². The van der Waals surface area contributed by atoms with Crippen molar-refractivity contribution >= 4 is 0 Å². The molecule has 1 aliphatic rings. The van der Waals surface area contributed by atoms with E-state index in [1.54, 1.807) is 0 Å². The molecular formula is C18H37NO. The standard InChI is InChI=1S/C18H37NO/c1-6-7-8-9-10-11-12-13-14-19-16-15-17(2,3)20-18(16,4)5/h16,19H,6-15H2,1-5H3. The Morgan fingerprint density at radius 3 is 1.95 bits per heavy atom. The van der Waals surface area contributed by atoms with Crippen LogP contribution in [0.3, 0.4) is 0 Å². The van der Waals surface area contributed by atoms with Gasteiger partial charge in [-0.2, -0.15) is 0 Å². The molecule has 0 aromatic rings. The summed E-state index contributed by atoms with van der Waals surface area (Å²) in [5.74, 6) is 0. The van der Waals surface area contributed by atoms with Gasteiger partial charge in [-0.05, 0) is 47.1 Å². The van der Waals surface area contributed by atoms with Gasteiger partial charge in [0.15, 0.2) is 0 Å². The molecule has 0 aromatic heterocycles. The summed E-state index contributed by atoms with van der Waals surface area (Å²) in [4.78, 5) is 0. The van der Waals surface area contributed by atoms with Gasteiger partial charge in [0.2, 0.25) is 0 Å². The third kappa shape index (κ3) is 6.58. The molecule has 0 aromatic carbocycles. The first-order valence-electron chi connectivity index (χ1n) is 8.81. The Bertz CT molecular complexity index is 260. The molecule has 1 rings (SSSR count). The summed E-state index contributed by atoms with van der Waals surface area (Å²) in [7, 11) is 0. The van der Waals surface area contributed by atoms with Crippen LogP contribution in [-0.2, 0) is 4.74 Å². The SMILES string of the molecule is CCCCCCCCCCNC1CC(C)(C)OC1(C)C. The Labute approximate surface area is 127 Å². The van der Waals surface area contributed by atoms with E-state index < -0.39 is 0 Å². The van der Waals surface area contributed by atoms with Gasteiger partial charge in [0.1, 0.15) is 0 Å². The zero-order chi connectivity index (χ0) is 15.1. The molecule has 0 aliphatic carbocycles.